The Morgan fingerprint density at radius 3 is 2.61 bits per heavy atom. The molecule has 0 spiro atoms. The second kappa shape index (κ2) is 8.31. The quantitative estimate of drug-likeness (QED) is 0.537. The molecule has 3 aromatic rings. The highest BCUT2D eigenvalue weighted by molar-refractivity contribution is 5.78. The Labute approximate surface area is 188 Å². The molecule has 0 saturated heterocycles. The van der Waals surface area contributed by atoms with Crippen molar-refractivity contribution in [2.24, 2.45) is 0 Å². The number of aromatic nitrogens is 3. The summed E-state index contributed by atoms with van der Waals surface area (Å²) < 4.78 is 51.5. The largest absolute Gasteiger partial charge is 0.496 e. The smallest absolute Gasteiger partial charge is 0.387 e. The van der Waals surface area contributed by atoms with Crippen LogP contribution in [0, 0.1) is 11.3 Å². The van der Waals surface area contributed by atoms with Crippen LogP contribution in [0.25, 0.3) is 22.6 Å². The zero-order chi connectivity index (χ0) is 23.9. The Kier molecular flexibility index (Phi) is 5.66. The molecule has 2 aromatic heterocycles. The molecule has 1 aliphatic carbocycles. The Hall–Kier alpha value is -3.74. The second-order valence-corrected chi connectivity index (χ2v) is 8.31. The fraction of sp³-hybridized carbons (Fsp3) is 0.348. The van der Waals surface area contributed by atoms with Crippen LogP contribution < -0.4 is 14.8 Å². The van der Waals surface area contributed by atoms with Crippen LogP contribution >= 0.6 is 0 Å². The van der Waals surface area contributed by atoms with Gasteiger partial charge in [-0.25, -0.2) is 13.9 Å². The maximum absolute atomic E-state index is 13.3. The van der Waals surface area contributed by atoms with Crippen LogP contribution in [0.15, 0.2) is 37.2 Å². The summed E-state index contributed by atoms with van der Waals surface area (Å²) >= 11 is 0. The Balaban J connectivity index is 1.80. The van der Waals surface area contributed by atoms with Gasteiger partial charge in [0, 0.05) is 17.7 Å². The van der Waals surface area contributed by atoms with E-state index in [1.54, 1.807) is 32.2 Å². The van der Waals surface area contributed by atoms with Gasteiger partial charge in [0.05, 0.1) is 48.3 Å². The van der Waals surface area contributed by atoms with Crippen molar-refractivity contribution in [2.75, 3.05) is 7.11 Å². The van der Waals surface area contributed by atoms with E-state index in [1.807, 2.05) is 0 Å². The number of rotatable bonds is 8. The van der Waals surface area contributed by atoms with Crippen molar-refractivity contribution in [1.29, 1.82) is 5.26 Å². The molecule has 1 fully saturated rings. The average Bonchev–Trinajstić information content (AvgIpc) is 3.30. The SMILES string of the molecule is C=C(NC1CC1F)c1c(OC)cc(-c2cnc3cc(C(C)(C)C#N)cnn23)cc1OC(F)F. The summed E-state index contributed by atoms with van der Waals surface area (Å²) in [7, 11) is 1.39. The molecule has 0 bridgehead atoms. The molecule has 2 heterocycles. The normalized spacial score (nSPS) is 17.6. The number of halogens is 3. The minimum Gasteiger partial charge on any atom is -0.496 e. The fourth-order valence-electron chi connectivity index (χ4n) is 3.47. The van der Waals surface area contributed by atoms with E-state index in [2.05, 4.69) is 28.0 Å². The standard InChI is InChI=1S/C23H22F3N5O2/c1-12(30-16-8-15(16)24)21-18(32-4)5-13(6-19(21)33-22(25)26)17-10-28-20-7-14(9-29-31(17)20)23(2,3)11-27/h5-7,9-10,15-16,22,30H,1,8H2,2-4H3. The van der Waals surface area contributed by atoms with Gasteiger partial charge in [-0.1, -0.05) is 6.58 Å². The molecule has 172 valence electrons. The van der Waals surface area contributed by atoms with Gasteiger partial charge < -0.3 is 14.8 Å². The van der Waals surface area contributed by atoms with Gasteiger partial charge in [0.15, 0.2) is 5.65 Å². The number of hydrogen-bond donors (Lipinski definition) is 1. The van der Waals surface area contributed by atoms with Crippen LogP contribution in [0.3, 0.4) is 0 Å². The number of ether oxygens (including phenoxy) is 2. The van der Waals surface area contributed by atoms with Crippen LogP contribution in [0.5, 0.6) is 11.5 Å². The van der Waals surface area contributed by atoms with Gasteiger partial charge in [-0.2, -0.15) is 19.1 Å². The van der Waals surface area contributed by atoms with Gasteiger partial charge in [0.2, 0.25) is 0 Å². The van der Waals surface area contributed by atoms with Gasteiger partial charge in [0.1, 0.15) is 17.7 Å². The highest BCUT2D eigenvalue weighted by atomic mass is 19.3. The van der Waals surface area contributed by atoms with E-state index in [1.165, 1.54) is 23.9 Å². The molecule has 2 atom stereocenters. The summed E-state index contributed by atoms with van der Waals surface area (Å²) in [5.74, 6) is 0.0407. The molecule has 0 amide bonds. The zero-order valence-corrected chi connectivity index (χ0v) is 18.3. The average molecular weight is 457 g/mol. The summed E-state index contributed by atoms with van der Waals surface area (Å²) in [5.41, 5.74) is 1.79. The summed E-state index contributed by atoms with van der Waals surface area (Å²) in [4.78, 5) is 4.35. The molecule has 0 aliphatic heterocycles. The number of nitrogens with one attached hydrogen (secondary N) is 1. The minimum atomic E-state index is -3.09. The number of hydrogen-bond acceptors (Lipinski definition) is 6. The maximum atomic E-state index is 13.3. The number of nitriles is 1. The molecule has 1 aromatic carbocycles. The van der Waals surface area contributed by atoms with Crippen molar-refractivity contribution in [3.05, 3.63) is 48.3 Å². The van der Waals surface area contributed by atoms with E-state index < -0.39 is 24.2 Å². The summed E-state index contributed by atoms with van der Waals surface area (Å²) in [6, 6.07) is 6.58. The Morgan fingerprint density at radius 1 is 1.30 bits per heavy atom. The van der Waals surface area contributed by atoms with Crippen LogP contribution in [0.1, 0.15) is 31.4 Å². The van der Waals surface area contributed by atoms with Crippen molar-refractivity contribution in [1.82, 2.24) is 19.9 Å². The highest BCUT2D eigenvalue weighted by Crippen LogP contribution is 2.40. The second-order valence-electron chi connectivity index (χ2n) is 8.31. The molecule has 2 unspecified atom stereocenters. The van der Waals surface area contributed by atoms with Crippen LogP contribution in [0.2, 0.25) is 0 Å². The van der Waals surface area contributed by atoms with Crippen molar-refractivity contribution in [3.8, 4) is 28.8 Å². The number of nitrogens with zero attached hydrogens (tertiary/aromatic N) is 4. The van der Waals surface area contributed by atoms with Gasteiger partial charge in [-0.3, -0.25) is 0 Å². The highest BCUT2D eigenvalue weighted by Gasteiger charge is 2.38. The lowest BCUT2D eigenvalue weighted by Gasteiger charge is -2.19. The molecule has 33 heavy (non-hydrogen) atoms. The third-order valence-electron chi connectivity index (χ3n) is 5.53. The first-order chi connectivity index (χ1) is 15.6. The fourth-order valence-corrected chi connectivity index (χ4v) is 3.47. The molecule has 1 saturated carbocycles. The lowest BCUT2D eigenvalue weighted by Crippen LogP contribution is -2.18. The monoisotopic (exact) mass is 457 g/mol. The molecular formula is C23H22F3N5O2. The Morgan fingerprint density at radius 2 is 2.00 bits per heavy atom. The van der Waals surface area contributed by atoms with Crippen molar-refractivity contribution in [2.45, 2.75) is 44.5 Å². The predicted octanol–water partition coefficient (Wildman–Crippen LogP) is 4.48. The van der Waals surface area contributed by atoms with Gasteiger partial charge >= 0.3 is 6.61 Å². The van der Waals surface area contributed by atoms with E-state index in [0.29, 0.717) is 28.9 Å². The van der Waals surface area contributed by atoms with E-state index in [0.717, 1.165) is 0 Å². The third-order valence-corrected chi connectivity index (χ3v) is 5.53. The van der Waals surface area contributed by atoms with Crippen molar-refractivity contribution < 1.29 is 22.6 Å². The summed E-state index contributed by atoms with van der Waals surface area (Å²) in [6.07, 6.45) is 2.42. The van der Waals surface area contributed by atoms with Gasteiger partial charge in [-0.05, 0) is 37.6 Å². The summed E-state index contributed by atoms with van der Waals surface area (Å²) in [6.45, 7) is 4.31. The minimum absolute atomic E-state index is 0.176. The molecule has 7 nitrogen and oxygen atoms in total. The van der Waals surface area contributed by atoms with Crippen molar-refractivity contribution in [3.63, 3.8) is 0 Å². The van der Waals surface area contributed by atoms with Gasteiger partial charge in [0.25, 0.3) is 0 Å². The number of alkyl halides is 3. The first-order valence-electron chi connectivity index (χ1n) is 10.2. The molecule has 1 aliphatic rings. The molecule has 4 rings (SSSR count). The lowest BCUT2D eigenvalue weighted by atomic mass is 9.88. The first kappa shape index (κ1) is 22.5. The summed E-state index contributed by atoms with van der Waals surface area (Å²) in [5, 5.41) is 16.7. The number of methoxy groups -OCH3 is 1. The maximum Gasteiger partial charge on any atom is 0.387 e. The molecule has 0 radical (unpaired) electrons. The van der Waals surface area contributed by atoms with Crippen LogP contribution in [-0.4, -0.2) is 40.5 Å². The molecular weight excluding hydrogens is 435 g/mol. The number of fused-ring (bicyclic) bond motifs is 1. The predicted molar refractivity (Wildman–Crippen MR) is 116 cm³/mol. The molecule has 10 heteroatoms. The Bertz CT molecular complexity index is 1260. The van der Waals surface area contributed by atoms with Crippen LogP contribution in [0.4, 0.5) is 13.2 Å². The van der Waals surface area contributed by atoms with E-state index in [9.17, 15) is 18.4 Å². The molecule has 1 N–H and O–H groups in total. The zero-order valence-electron chi connectivity index (χ0n) is 18.3. The number of benzene rings is 1. The van der Waals surface area contributed by atoms with Gasteiger partial charge in [-0.15, -0.1) is 0 Å². The van der Waals surface area contributed by atoms with E-state index in [-0.39, 0.29) is 22.8 Å². The van der Waals surface area contributed by atoms with Crippen molar-refractivity contribution >= 4 is 11.3 Å². The topological polar surface area (TPSA) is 84.5 Å². The number of imidazole rings is 1. The first-order valence-corrected chi connectivity index (χ1v) is 10.2. The lowest BCUT2D eigenvalue weighted by molar-refractivity contribution is -0.0501. The van der Waals surface area contributed by atoms with Crippen LogP contribution in [-0.2, 0) is 5.41 Å². The third kappa shape index (κ3) is 4.31. The van der Waals surface area contributed by atoms with E-state index in [4.69, 9.17) is 9.47 Å². The van der Waals surface area contributed by atoms with E-state index >= 15 is 0 Å².